The highest BCUT2D eigenvalue weighted by Gasteiger charge is 2.51. The van der Waals surface area contributed by atoms with E-state index in [4.69, 9.17) is 4.74 Å². The number of benzene rings is 2. The van der Waals surface area contributed by atoms with Gasteiger partial charge in [0.1, 0.15) is 6.33 Å². The van der Waals surface area contributed by atoms with E-state index < -0.39 is 34.8 Å². The number of nitrogens with zero attached hydrogens (tertiary/aromatic N) is 5. The molecule has 0 spiro atoms. The van der Waals surface area contributed by atoms with Crippen molar-refractivity contribution in [2.45, 2.75) is 49.8 Å². The van der Waals surface area contributed by atoms with Crippen molar-refractivity contribution in [3.05, 3.63) is 76.4 Å². The summed E-state index contributed by atoms with van der Waals surface area (Å²) >= 11 is 0. The highest BCUT2D eigenvalue weighted by Crippen LogP contribution is 2.47. The number of aromatic nitrogens is 3. The standard InChI is InChI=1S/C28H29F4N5O3/c1-3-26(39)12-36(13-26)10-17-7-20-21(22(8-17)28(30,31)32)11-37(25(20)38)19-6-4-5-18(9-19)27(14-40-15-27)23(29)24-34-33-16-35(24)2/h4-9,16,23,39H,3,10-15H2,1-2H3/t23-/m0/s1. The van der Waals surface area contributed by atoms with Crippen LogP contribution < -0.4 is 4.90 Å². The smallest absolute Gasteiger partial charge is 0.387 e. The molecule has 3 aliphatic heterocycles. The highest BCUT2D eigenvalue weighted by atomic mass is 19.4. The Kier molecular flexibility index (Phi) is 6.28. The van der Waals surface area contributed by atoms with Crippen molar-refractivity contribution in [2.24, 2.45) is 7.05 Å². The zero-order valence-corrected chi connectivity index (χ0v) is 22.1. The van der Waals surface area contributed by atoms with Crippen molar-refractivity contribution in [3.63, 3.8) is 0 Å². The lowest BCUT2D eigenvalue weighted by atomic mass is 9.74. The number of halogens is 4. The first kappa shape index (κ1) is 26.9. The molecule has 0 saturated carbocycles. The van der Waals surface area contributed by atoms with Crippen LogP contribution in [0.4, 0.5) is 23.2 Å². The van der Waals surface area contributed by atoms with Gasteiger partial charge in [-0.1, -0.05) is 19.1 Å². The van der Waals surface area contributed by atoms with Crippen molar-refractivity contribution >= 4 is 11.6 Å². The van der Waals surface area contributed by atoms with Gasteiger partial charge < -0.3 is 19.3 Å². The average molecular weight is 560 g/mol. The van der Waals surface area contributed by atoms with Crippen LogP contribution in [0.3, 0.4) is 0 Å². The van der Waals surface area contributed by atoms with Gasteiger partial charge in [0.2, 0.25) is 0 Å². The molecule has 12 heteroatoms. The van der Waals surface area contributed by atoms with Crippen molar-refractivity contribution in [2.75, 3.05) is 31.2 Å². The van der Waals surface area contributed by atoms with Crippen LogP contribution in [0.1, 0.15) is 58.0 Å². The van der Waals surface area contributed by atoms with E-state index in [0.29, 0.717) is 36.3 Å². The number of aliphatic hydroxyl groups is 1. The summed E-state index contributed by atoms with van der Waals surface area (Å²) in [6.07, 6.45) is -4.23. The predicted molar refractivity (Wildman–Crippen MR) is 136 cm³/mol. The Hall–Kier alpha value is -3.35. The molecule has 2 fully saturated rings. The Morgan fingerprint density at radius 3 is 2.52 bits per heavy atom. The first-order chi connectivity index (χ1) is 18.9. The fourth-order valence-electron chi connectivity index (χ4n) is 5.93. The van der Waals surface area contributed by atoms with E-state index in [-0.39, 0.29) is 43.3 Å². The molecular formula is C28H29F4N5O3. The highest BCUT2D eigenvalue weighted by molar-refractivity contribution is 6.10. The van der Waals surface area contributed by atoms with Gasteiger partial charge in [-0.15, -0.1) is 10.2 Å². The molecule has 6 rings (SSSR count). The van der Waals surface area contributed by atoms with Crippen LogP contribution in [-0.4, -0.2) is 62.6 Å². The minimum absolute atomic E-state index is 0.00523. The van der Waals surface area contributed by atoms with Crippen LogP contribution in [0.15, 0.2) is 42.7 Å². The number of β-amino-alcohol motifs (C(OH)–C–C–N with tert-alkyl or cyclic N) is 1. The van der Waals surface area contributed by atoms with Gasteiger partial charge in [-0.2, -0.15) is 13.2 Å². The van der Waals surface area contributed by atoms with Gasteiger partial charge >= 0.3 is 6.18 Å². The largest absolute Gasteiger partial charge is 0.416 e. The third-order valence-corrected chi connectivity index (χ3v) is 8.42. The maximum atomic E-state index is 15.8. The second-order valence-electron chi connectivity index (χ2n) is 11.1. The number of ether oxygens (including phenoxy) is 1. The zero-order valence-electron chi connectivity index (χ0n) is 22.1. The molecule has 3 aliphatic rings. The molecule has 1 amide bonds. The Labute approximate surface area is 228 Å². The Morgan fingerprint density at radius 2 is 1.93 bits per heavy atom. The Morgan fingerprint density at radius 1 is 1.18 bits per heavy atom. The van der Waals surface area contributed by atoms with Gasteiger partial charge in [0.15, 0.2) is 12.0 Å². The van der Waals surface area contributed by atoms with Crippen LogP contribution in [0.25, 0.3) is 0 Å². The van der Waals surface area contributed by atoms with E-state index in [1.807, 2.05) is 11.8 Å². The molecule has 4 heterocycles. The molecule has 0 aliphatic carbocycles. The third kappa shape index (κ3) is 4.29. The fraction of sp³-hybridized carbons (Fsp3) is 0.464. The van der Waals surface area contributed by atoms with Gasteiger partial charge in [0, 0.05) is 37.9 Å². The molecule has 40 heavy (non-hydrogen) atoms. The maximum absolute atomic E-state index is 15.8. The molecular weight excluding hydrogens is 530 g/mol. The minimum Gasteiger partial charge on any atom is -0.387 e. The summed E-state index contributed by atoms with van der Waals surface area (Å²) in [5.74, 6) is -0.405. The molecule has 2 aromatic carbocycles. The Balaban J connectivity index is 1.31. The number of anilines is 1. The second kappa shape index (κ2) is 9.35. The van der Waals surface area contributed by atoms with E-state index in [9.17, 15) is 23.1 Å². The summed E-state index contributed by atoms with van der Waals surface area (Å²) in [7, 11) is 1.64. The van der Waals surface area contributed by atoms with E-state index in [1.54, 1.807) is 31.3 Å². The van der Waals surface area contributed by atoms with Crippen LogP contribution in [0, 0.1) is 0 Å². The van der Waals surface area contributed by atoms with Crippen LogP contribution >= 0.6 is 0 Å². The normalized spacial score (nSPS) is 20.7. The van der Waals surface area contributed by atoms with Gasteiger partial charge in [-0.3, -0.25) is 9.69 Å². The summed E-state index contributed by atoms with van der Waals surface area (Å²) in [6.45, 7) is 2.71. The number of hydrogen-bond donors (Lipinski definition) is 1. The summed E-state index contributed by atoms with van der Waals surface area (Å²) in [4.78, 5) is 16.7. The lowest BCUT2D eigenvalue weighted by Gasteiger charge is -2.46. The second-order valence-corrected chi connectivity index (χ2v) is 11.1. The number of carbonyl (C=O) groups excluding carboxylic acids is 1. The zero-order chi connectivity index (χ0) is 28.4. The summed E-state index contributed by atoms with van der Waals surface area (Å²) in [5, 5.41) is 18.0. The lowest BCUT2D eigenvalue weighted by molar-refractivity contribution is -0.138. The number of rotatable bonds is 7. The average Bonchev–Trinajstić information content (AvgIpc) is 3.44. The molecule has 1 aromatic heterocycles. The SMILES string of the molecule is CCC1(O)CN(Cc2cc3c(c(C(F)(F)F)c2)CN(c2cccc(C4([C@@H](F)c5nncn5C)COC4)c2)C3=O)C1. The lowest BCUT2D eigenvalue weighted by Crippen LogP contribution is -2.60. The monoisotopic (exact) mass is 559 g/mol. The number of fused-ring (bicyclic) bond motifs is 1. The molecule has 1 N–H and O–H groups in total. The van der Waals surface area contributed by atoms with Gasteiger partial charge in [0.25, 0.3) is 5.91 Å². The molecule has 212 valence electrons. The van der Waals surface area contributed by atoms with Crippen molar-refractivity contribution in [1.29, 1.82) is 0 Å². The number of carbonyl (C=O) groups is 1. The van der Waals surface area contributed by atoms with Gasteiger partial charge in [0.05, 0.1) is 36.3 Å². The number of aryl methyl sites for hydroxylation is 1. The predicted octanol–water partition coefficient (Wildman–Crippen LogP) is 3.93. The third-order valence-electron chi connectivity index (χ3n) is 8.42. The number of likely N-dealkylation sites (tertiary alicyclic amines) is 1. The molecule has 0 unspecified atom stereocenters. The van der Waals surface area contributed by atoms with E-state index >= 15 is 4.39 Å². The summed E-state index contributed by atoms with van der Waals surface area (Å²) in [5.41, 5.74) is -1.50. The van der Waals surface area contributed by atoms with Crippen molar-refractivity contribution in [3.8, 4) is 0 Å². The summed E-state index contributed by atoms with van der Waals surface area (Å²) in [6, 6.07) is 9.30. The van der Waals surface area contributed by atoms with Gasteiger partial charge in [-0.05, 0) is 47.4 Å². The van der Waals surface area contributed by atoms with Crippen LogP contribution in [-0.2, 0) is 36.5 Å². The minimum atomic E-state index is -4.65. The molecule has 8 nitrogen and oxygen atoms in total. The first-order valence-corrected chi connectivity index (χ1v) is 13.1. The van der Waals surface area contributed by atoms with Crippen LogP contribution in [0.2, 0.25) is 0 Å². The molecule has 0 bridgehead atoms. The van der Waals surface area contributed by atoms with Crippen molar-refractivity contribution < 1.29 is 32.2 Å². The number of hydrogen-bond acceptors (Lipinski definition) is 6. The molecule has 1 atom stereocenters. The quantitative estimate of drug-likeness (QED) is 0.442. The molecule has 3 aromatic rings. The van der Waals surface area contributed by atoms with Crippen molar-refractivity contribution in [1.82, 2.24) is 19.7 Å². The summed E-state index contributed by atoms with van der Waals surface area (Å²) < 4.78 is 65.2. The molecule has 2 saturated heterocycles. The maximum Gasteiger partial charge on any atom is 0.416 e. The number of alkyl halides is 4. The van der Waals surface area contributed by atoms with E-state index in [2.05, 4.69) is 10.2 Å². The molecule has 0 radical (unpaired) electrons. The topological polar surface area (TPSA) is 83.7 Å². The fourth-order valence-corrected chi connectivity index (χ4v) is 5.93. The van der Waals surface area contributed by atoms with Crippen LogP contribution in [0.5, 0.6) is 0 Å². The van der Waals surface area contributed by atoms with E-state index in [0.717, 1.165) is 6.07 Å². The first-order valence-electron chi connectivity index (χ1n) is 13.1. The Bertz CT molecular complexity index is 1460. The number of amides is 1. The van der Waals surface area contributed by atoms with Gasteiger partial charge in [-0.25, -0.2) is 4.39 Å². The van der Waals surface area contributed by atoms with E-state index in [1.165, 1.54) is 21.9 Å².